The minimum atomic E-state index is -4.09. The molecule has 38 heavy (non-hydrogen) atoms. The molecule has 0 aliphatic heterocycles. The number of rotatable bonds is 10. The molecule has 0 fully saturated rings. The first kappa shape index (κ1) is 28.9. The van der Waals surface area contributed by atoms with Crippen molar-refractivity contribution in [3.63, 3.8) is 0 Å². The Morgan fingerprint density at radius 1 is 0.868 bits per heavy atom. The topological polar surface area (TPSA) is 86.8 Å². The van der Waals surface area contributed by atoms with Gasteiger partial charge in [-0.3, -0.25) is 13.9 Å². The summed E-state index contributed by atoms with van der Waals surface area (Å²) in [5.41, 5.74) is 4.93. The van der Waals surface area contributed by atoms with Gasteiger partial charge in [-0.2, -0.15) is 0 Å². The summed E-state index contributed by atoms with van der Waals surface area (Å²) < 4.78 is 29.0. The van der Waals surface area contributed by atoms with E-state index in [1.54, 1.807) is 37.3 Å². The van der Waals surface area contributed by atoms with Gasteiger partial charge in [-0.15, -0.1) is 0 Å². The lowest BCUT2D eigenvalue weighted by Gasteiger charge is -2.32. The molecule has 3 aromatic carbocycles. The Morgan fingerprint density at radius 2 is 1.50 bits per heavy atom. The normalized spacial score (nSPS) is 12.1. The molecular weight excluding hydrogens is 498 g/mol. The molecule has 0 aliphatic carbocycles. The van der Waals surface area contributed by atoms with Crippen molar-refractivity contribution < 1.29 is 18.0 Å². The number of nitrogens with one attached hydrogen (secondary N) is 1. The number of aryl methyl sites for hydroxylation is 4. The average molecular weight is 536 g/mol. The van der Waals surface area contributed by atoms with Gasteiger partial charge in [-0.25, -0.2) is 8.42 Å². The van der Waals surface area contributed by atoms with Crippen molar-refractivity contribution in [3.05, 3.63) is 94.5 Å². The molecule has 0 heterocycles. The minimum Gasteiger partial charge on any atom is -0.355 e. The number of anilines is 1. The summed E-state index contributed by atoms with van der Waals surface area (Å²) >= 11 is 0. The summed E-state index contributed by atoms with van der Waals surface area (Å²) in [4.78, 5) is 28.3. The molecule has 0 radical (unpaired) electrons. The Balaban J connectivity index is 2.08. The third kappa shape index (κ3) is 6.61. The van der Waals surface area contributed by atoms with Crippen molar-refractivity contribution >= 4 is 27.5 Å². The lowest BCUT2D eigenvalue weighted by molar-refractivity contribution is -0.139. The quantitative estimate of drug-likeness (QED) is 0.409. The number of hydrogen-bond donors (Lipinski definition) is 1. The molecule has 0 unspecified atom stereocenters. The van der Waals surface area contributed by atoms with Crippen molar-refractivity contribution in [2.45, 2.75) is 59.0 Å². The van der Waals surface area contributed by atoms with E-state index < -0.39 is 28.5 Å². The third-order valence-corrected chi connectivity index (χ3v) is 8.40. The summed E-state index contributed by atoms with van der Waals surface area (Å²) in [6.07, 6.45) is 0. The molecule has 2 amide bonds. The lowest BCUT2D eigenvalue weighted by atomic mass is 10.1. The molecule has 0 saturated heterocycles. The molecule has 7 nitrogen and oxygen atoms in total. The highest BCUT2D eigenvalue weighted by molar-refractivity contribution is 7.92. The van der Waals surface area contributed by atoms with Gasteiger partial charge in [0.2, 0.25) is 11.8 Å². The van der Waals surface area contributed by atoms with E-state index in [1.165, 1.54) is 4.90 Å². The van der Waals surface area contributed by atoms with Crippen LogP contribution in [-0.2, 0) is 26.2 Å². The molecule has 0 bridgehead atoms. The highest BCUT2D eigenvalue weighted by atomic mass is 32.2. The number of amides is 2. The molecule has 1 atom stereocenters. The molecule has 0 aromatic heterocycles. The van der Waals surface area contributed by atoms with E-state index in [0.717, 1.165) is 32.1 Å². The van der Waals surface area contributed by atoms with E-state index in [-0.39, 0.29) is 17.3 Å². The monoisotopic (exact) mass is 535 g/mol. The van der Waals surface area contributed by atoms with Crippen LogP contribution in [0.2, 0.25) is 0 Å². The van der Waals surface area contributed by atoms with Gasteiger partial charge in [-0.05, 0) is 76.4 Å². The summed E-state index contributed by atoms with van der Waals surface area (Å²) in [5, 5.41) is 2.78. The highest BCUT2D eigenvalue weighted by Crippen LogP contribution is 2.28. The maximum atomic E-state index is 13.9. The first-order valence-electron chi connectivity index (χ1n) is 12.7. The lowest BCUT2D eigenvalue weighted by Crippen LogP contribution is -2.51. The van der Waals surface area contributed by atoms with Crippen LogP contribution >= 0.6 is 0 Å². The maximum Gasteiger partial charge on any atom is 0.264 e. The van der Waals surface area contributed by atoms with Crippen LogP contribution in [0.3, 0.4) is 0 Å². The van der Waals surface area contributed by atoms with E-state index in [9.17, 15) is 18.0 Å². The molecule has 3 rings (SSSR count). The molecule has 0 aliphatic rings. The summed E-state index contributed by atoms with van der Waals surface area (Å²) in [6, 6.07) is 18.8. The van der Waals surface area contributed by atoms with Crippen LogP contribution in [0.15, 0.2) is 71.6 Å². The Morgan fingerprint density at radius 3 is 2.11 bits per heavy atom. The van der Waals surface area contributed by atoms with Crippen LogP contribution < -0.4 is 9.62 Å². The van der Waals surface area contributed by atoms with Crippen LogP contribution in [0.25, 0.3) is 0 Å². The minimum absolute atomic E-state index is 0.0955. The van der Waals surface area contributed by atoms with E-state index in [2.05, 4.69) is 5.32 Å². The predicted molar refractivity (Wildman–Crippen MR) is 152 cm³/mol. The molecule has 8 heteroatoms. The molecule has 3 aromatic rings. The van der Waals surface area contributed by atoms with Gasteiger partial charge in [0, 0.05) is 13.1 Å². The maximum absolute atomic E-state index is 13.9. The van der Waals surface area contributed by atoms with Gasteiger partial charge in [0.25, 0.3) is 10.0 Å². The molecule has 0 saturated carbocycles. The van der Waals surface area contributed by atoms with Gasteiger partial charge in [0.05, 0.1) is 10.6 Å². The number of benzene rings is 3. The second kappa shape index (κ2) is 12.3. The second-order valence-corrected chi connectivity index (χ2v) is 11.5. The SMILES string of the molecule is CCNC(=O)[C@H](C)N(Cc1ccccc1C)C(=O)CN(c1ccc(C)cc1C)S(=O)(=O)c1ccc(C)cc1. The van der Waals surface area contributed by atoms with Crippen molar-refractivity contribution in [1.29, 1.82) is 0 Å². The van der Waals surface area contributed by atoms with Gasteiger partial charge in [0.1, 0.15) is 12.6 Å². The van der Waals surface area contributed by atoms with Crippen LogP contribution in [0.4, 0.5) is 5.69 Å². The standard InChI is InChI=1S/C30H37N3O4S/c1-7-31-30(35)25(6)32(19-26-11-9-8-10-23(26)4)29(34)20-33(28-17-14-22(3)18-24(28)5)38(36,37)27-15-12-21(2)13-16-27/h8-18,25H,7,19-20H2,1-6H3,(H,31,35)/t25-/m0/s1. The Labute approximate surface area is 226 Å². The number of hydrogen-bond acceptors (Lipinski definition) is 4. The van der Waals surface area contributed by atoms with Gasteiger partial charge in [0.15, 0.2) is 0 Å². The summed E-state index contributed by atoms with van der Waals surface area (Å²) in [5.74, 6) is -0.767. The number of carbonyl (C=O) groups excluding carboxylic acids is 2. The average Bonchev–Trinajstić information content (AvgIpc) is 2.87. The molecular formula is C30H37N3O4S. The van der Waals surface area contributed by atoms with Crippen LogP contribution in [0.1, 0.15) is 41.7 Å². The first-order valence-corrected chi connectivity index (χ1v) is 14.2. The fourth-order valence-electron chi connectivity index (χ4n) is 4.31. The van der Waals surface area contributed by atoms with Crippen LogP contribution in [0, 0.1) is 27.7 Å². The largest absolute Gasteiger partial charge is 0.355 e. The van der Waals surface area contributed by atoms with Crippen LogP contribution in [0.5, 0.6) is 0 Å². The van der Waals surface area contributed by atoms with Gasteiger partial charge < -0.3 is 10.2 Å². The molecule has 0 spiro atoms. The Hall–Kier alpha value is -3.65. The summed E-state index contributed by atoms with van der Waals surface area (Å²) in [7, 11) is -4.09. The zero-order chi connectivity index (χ0) is 28.0. The zero-order valence-corrected chi connectivity index (χ0v) is 23.8. The zero-order valence-electron chi connectivity index (χ0n) is 23.0. The Kier molecular flexibility index (Phi) is 9.33. The number of nitrogens with zero attached hydrogens (tertiary/aromatic N) is 2. The fourth-order valence-corrected chi connectivity index (χ4v) is 5.79. The van der Waals surface area contributed by atoms with Crippen LogP contribution in [-0.4, -0.2) is 44.3 Å². The number of likely N-dealkylation sites (N-methyl/N-ethyl adjacent to an activating group) is 1. The van der Waals surface area contributed by atoms with Gasteiger partial charge >= 0.3 is 0 Å². The fraction of sp³-hybridized carbons (Fsp3) is 0.333. The molecule has 202 valence electrons. The number of sulfonamides is 1. The smallest absolute Gasteiger partial charge is 0.264 e. The second-order valence-electron chi connectivity index (χ2n) is 9.63. The van der Waals surface area contributed by atoms with E-state index >= 15 is 0 Å². The van der Waals surface area contributed by atoms with Gasteiger partial charge in [-0.1, -0.05) is 59.7 Å². The molecule has 1 N–H and O–H groups in total. The van der Waals surface area contributed by atoms with E-state index in [0.29, 0.717) is 12.2 Å². The van der Waals surface area contributed by atoms with Crippen molar-refractivity contribution in [1.82, 2.24) is 10.2 Å². The van der Waals surface area contributed by atoms with Crippen molar-refractivity contribution in [3.8, 4) is 0 Å². The van der Waals surface area contributed by atoms with E-state index in [4.69, 9.17) is 0 Å². The third-order valence-electron chi connectivity index (χ3n) is 6.63. The summed E-state index contributed by atoms with van der Waals surface area (Å²) in [6.45, 7) is 11.2. The number of carbonyl (C=O) groups is 2. The van der Waals surface area contributed by atoms with Crippen molar-refractivity contribution in [2.75, 3.05) is 17.4 Å². The highest BCUT2D eigenvalue weighted by Gasteiger charge is 2.33. The van der Waals surface area contributed by atoms with E-state index in [1.807, 2.05) is 71.0 Å². The van der Waals surface area contributed by atoms with Crippen molar-refractivity contribution in [2.24, 2.45) is 0 Å². The Bertz CT molecular complexity index is 1400. The predicted octanol–water partition coefficient (Wildman–Crippen LogP) is 4.67. The first-order chi connectivity index (χ1) is 17.9.